The normalized spacial score (nSPS) is 10.9. The van der Waals surface area contributed by atoms with E-state index < -0.39 is 0 Å². The van der Waals surface area contributed by atoms with Gasteiger partial charge in [0.25, 0.3) is 0 Å². The maximum atomic E-state index is 12.9. The third-order valence-electron chi connectivity index (χ3n) is 2.96. The van der Waals surface area contributed by atoms with Crippen LogP contribution in [0.1, 0.15) is 10.4 Å². The molecule has 0 aliphatic carbocycles. The lowest BCUT2D eigenvalue weighted by Crippen LogP contribution is -1.90. The Labute approximate surface area is 113 Å². The third kappa shape index (κ3) is 2.17. The van der Waals surface area contributed by atoms with Crippen LogP contribution in [0.5, 0.6) is 11.6 Å². The SMILES string of the molecule is Cc1sc2ncnc(Oc3ccc(F)cc3)c2c1C. The molecule has 0 unspecified atom stereocenters. The summed E-state index contributed by atoms with van der Waals surface area (Å²) in [6.07, 6.45) is 1.48. The number of halogens is 1. The maximum Gasteiger partial charge on any atom is 0.231 e. The molecule has 0 radical (unpaired) electrons. The molecule has 0 aliphatic rings. The highest BCUT2D eigenvalue weighted by atomic mass is 32.1. The van der Waals surface area contributed by atoms with E-state index in [1.807, 2.05) is 13.8 Å². The Morgan fingerprint density at radius 2 is 1.84 bits per heavy atom. The number of benzene rings is 1. The van der Waals surface area contributed by atoms with Gasteiger partial charge in [-0.15, -0.1) is 11.3 Å². The quantitative estimate of drug-likeness (QED) is 0.701. The van der Waals surface area contributed by atoms with Crippen molar-refractivity contribution in [2.45, 2.75) is 13.8 Å². The van der Waals surface area contributed by atoms with Crippen molar-refractivity contribution in [2.24, 2.45) is 0 Å². The number of thiophene rings is 1. The monoisotopic (exact) mass is 274 g/mol. The minimum absolute atomic E-state index is 0.289. The van der Waals surface area contributed by atoms with Gasteiger partial charge in [-0.25, -0.2) is 14.4 Å². The van der Waals surface area contributed by atoms with Crippen molar-refractivity contribution in [1.29, 1.82) is 0 Å². The van der Waals surface area contributed by atoms with Crippen LogP contribution in [0.15, 0.2) is 30.6 Å². The highest BCUT2D eigenvalue weighted by molar-refractivity contribution is 7.18. The fourth-order valence-electron chi connectivity index (χ4n) is 1.84. The van der Waals surface area contributed by atoms with E-state index in [2.05, 4.69) is 9.97 Å². The molecule has 0 amide bonds. The van der Waals surface area contributed by atoms with Crippen molar-refractivity contribution in [3.63, 3.8) is 0 Å². The van der Waals surface area contributed by atoms with E-state index in [1.54, 1.807) is 23.5 Å². The lowest BCUT2D eigenvalue weighted by atomic mass is 10.2. The predicted octanol–water partition coefficient (Wildman–Crippen LogP) is 4.24. The van der Waals surface area contributed by atoms with Gasteiger partial charge in [0.2, 0.25) is 5.88 Å². The molecule has 96 valence electrons. The van der Waals surface area contributed by atoms with E-state index in [-0.39, 0.29) is 5.82 Å². The zero-order valence-corrected chi connectivity index (χ0v) is 11.3. The standard InChI is InChI=1S/C14H11FN2OS/c1-8-9(2)19-14-12(8)13(16-7-17-14)18-11-5-3-10(15)4-6-11/h3-7H,1-2H3. The highest BCUT2D eigenvalue weighted by Crippen LogP contribution is 2.35. The van der Waals surface area contributed by atoms with Gasteiger partial charge >= 0.3 is 0 Å². The zero-order valence-electron chi connectivity index (χ0n) is 10.5. The van der Waals surface area contributed by atoms with Crippen LogP contribution in [0.4, 0.5) is 4.39 Å². The van der Waals surface area contributed by atoms with Gasteiger partial charge in [0.15, 0.2) is 0 Å². The van der Waals surface area contributed by atoms with E-state index in [0.29, 0.717) is 11.6 Å². The number of aryl methyl sites for hydroxylation is 2. The minimum Gasteiger partial charge on any atom is -0.438 e. The Kier molecular flexibility index (Phi) is 2.91. The van der Waals surface area contributed by atoms with Gasteiger partial charge in [-0.1, -0.05) is 0 Å². The fraction of sp³-hybridized carbons (Fsp3) is 0.143. The fourth-order valence-corrected chi connectivity index (χ4v) is 2.83. The molecule has 5 heteroatoms. The molecular weight excluding hydrogens is 263 g/mol. The van der Waals surface area contributed by atoms with Gasteiger partial charge < -0.3 is 4.74 Å². The Hall–Kier alpha value is -2.01. The number of nitrogens with zero attached hydrogens (tertiary/aromatic N) is 2. The van der Waals surface area contributed by atoms with E-state index in [0.717, 1.165) is 15.8 Å². The summed E-state index contributed by atoms with van der Waals surface area (Å²) < 4.78 is 18.6. The lowest BCUT2D eigenvalue weighted by molar-refractivity contribution is 0.466. The molecule has 0 atom stereocenters. The molecule has 3 rings (SSSR count). The summed E-state index contributed by atoms with van der Waals surface area (Å²) >= 11 is 1.61. The molecule has 0 saturated carbocycles. The van der Waals surface area contributed by atoms with Gasteiger partial charge in [0.1, 0.15) is 22.7 Å². The van der Waals surface area contributed by atoms with Crippen molar-refractivity contribution < 1.29 is 9.13 Å². The first kappa shape index (κ1) is 12.0. The second-order valence-corrected chi connectivity index (χ2v) is 5.40. The van der Waals surface area contributed by atoms with Crippen LogP contribution in [-0.4, -0.2) is 9.97 Å². The van der Waals surface area contributed by atoms with Crippen LogP contribution in [0, 0.1) is 19.7 Å². The number of ether oxygens (including phenoxy) is 1. The van der Waals surface area contributed by atoms with Gasteiger partial charge in [0.05, 0.1) is 5.39 Å². The Bertz CT molecular complexity index is 737. The van der Waals surface area contributed by atoms with Gasteiger partial charge in [-0.2, -0.15) is 0 Å². The molecule has 0 N–H and O–H groups in total. The summed E-state index contributed by atoms with van der Waals surface area (Å²) in [5, 5.41) is 0.925. The number of aromatic nitrogens is 2. The van der Waals surface area contributed by atoms with Crippen LogP contribution in [0.2, 0.25) is 0 Å². The first-order chi connectivity index (χ1) is 9.15. The Morgan fingerprint density at radius 3 is 2.58 bits per heavy atom. The molecular formula is C14H11FN2OS. The van der Waals surface area contributed by atoms with E-state index in [9.17, 15) is 4.39 Å². The highest BCUT2D eigenvalue weighted by Gasteiger charge is 2.13. The third-order valence-corrected chi connectivity index (χ3v) is 4.07. The van der Waals surface area contributed by atoms with Gasteiger partial charge in [-0.3, -0.25) is 0 Å². The second-order valence-electron chi connectivity index (χ2n) is 4.20. The van der Waals surface area contributed by atoms with Crippen LogP contribution in [-0.2, 0) is 0 Å². The van der Waals surface area contributed by atoms with Crippen molar-refractivity contribution in [1.82, 2.24) is 9.97 Å². The summed E-state index contributed by atoms with van der Waals surface area (Å²) in [4.78, 5) is 10.5. The van der Waals surface area contributed by atoms with Crippen molar-refractivity contribution >= 4 is 21.6 Å². The molecule has 19 heavy (non-hydrogen) atoms. The summed E-state index contributed by atoms with van der Waals surface area (Å²) in [5.74, 6) is 0.783. The molecule has 0 spiro atoms. The number of fused-ring (bicyclic) bond motifs is 1. The lowest BCUT2D eigenvalue weighted by Gasteiger charge is -2.06. The molecule has 3 nitrogen and oxygen atoms in total. The molecule has 0 bridgehead atoms. The molecule has 2 heterocycles. The molecule has 0 saturated heterocycles. The van der Waals surface area contributed by atoms with Crippen molar-refractivity contribution in [3.8, 4) is 11.6 Å². The molecule has 0 fully saturated rings. The molecule has 1 aromatic carbocycles. The van der Waals surface area contributed by atoms with E-state index in [1.165, 1.54) is 23.3 Å². The average molecular weight is 274 g/mol. The molecule has 0 aliphatic heterocycles. The second kappa shape index (κ2) is 4.59. The number of rotatable bonds is 2. The smallest absolute Gasteiger partial charge is 0.231 e. The summed E-state index contributed by atoms with van der Waals surface area (Å²) in [6, 6.07) is 5.88. The van der Waals surface area contributed by atoms with E-state index >= 15 is 0 Å². The first-order valence-electron chi connectivity index (χ1n) is 5.79. The van der Waals surface area contributed by atoms with Crippen LogP contribution < -0.4 is 4.74 Å². The average Bonchev–Trinajstić information content (AvgIpc) is 2.69. The van der Waals surface area contributed by atoms with Crippen LogP contribution in [0.3, 0.4) is 0 Å². The largest absolute Gasteiger partial charge is 0.438 e. The van der Waals surface area contributed by atoms with Crippen molar-refractivity contribution in [2.75, 3.05) is 0 Å². The molecule has 3 aromatic rings. The predicted molar refractivity (Wildman–Crippen MR) is 73.4 cm³/mol. The summed E-state index contributed by atoms with van der Waals surface area (Å²) in [6.45, 7) is 4.07. The zero-order chi connectivity index (χ0) is 13.4. The van der Waals surface area contributed by atoms with Crippen LogP contribution in [0.25, 0.3) is 10.2 Å². The summed E-state index contributed by atoms with van der Waals surface area (Å²) in [7, 11) is 0. The molecule has 2 aromatic heterocycles. The number of hydrogen-bond donors (Lipinski definition) is 0. The maximum absolute atomic E-state index is 12.9. The summed E-state index contributed by atoms with van der Waals surface area (Å²) in [5.41, 5.74) is 1.12. The first-order valence-corrected chi connectivity index (χ1v) is 6.61. The number of hydrogen-bond acceptors (Lipinski definition) is 4. The van der Waals surface area contributed by atoms with Gasteiger partial charge in [0, 0.05) is 4.88 Å². The van der Waals surface area contributed by atoms with Crippen molar-refractivity contribution in [3.05, 3.63) is 46.9 Å². The minimum atomic E-state index is -0.289. The Balaban J connectivity index is 2.07. The Morgan fingerprint density at radius 1 is 1.11 bits per heavy atom. The van der Waals surface area contributed by atoms with Gasteiger partial charge in [-0.05, 0) is 43.7 Å². The van der Waals surface area contributed by atoms with Crippen LogP contribution >= 0.6 is 11.3 Å². The van der Waals surface area contributed by atoms with E-state index in [4.69, 9.17) is 4.74 Å². The topological polar surface area (TPSA) is 35.0 Å².